The van der Waals surface area contributed by atoms with E-state index in [1.54, 1.807) is 76.2 Å². The first kappa shape index (κ1) is 72.4. The SMILES string of the molecule is BC(=O)OCc1ccc(NC(=O)[C@H](CCCNC(N)=O)NC(=O)C(NC(=O)COCCN(CCOCC(=O)NC(C(=O)N[C@@H](CCCNC(N)=O)C(=O)Nc2ccc(COC(B)=O)cc2)C(C)C)C(=O)CCCCCN2C(=O)C=CC2=O)C(C)C)cc1. The zero-order chi connectivity index (χ0) is 64.4. The fourth-order valence-electron chi connectivity index (χ4n) is 8.37. The van der Waals surface area contributed by atoms with E-state index >= 15 is 0 Å². The average Bonchev–Trinajstić information content (AvgIpc) is 3.97. The van der Waals surface area contributed by atoms with Crippen LogP contribution in [0.15, 0.2) is 60.7 Å². The summed E-state index contributed by atoms with van der Waals surface area (Å²) < 4.78 is 21.4. The summed E-state index contributed by atoms with van der Waals surface area (Å²) in [5, 5.41) is 21.0. The second-order valence-corrected chi connectivity index (χ2v) is 21.0. The highest BCUT2D eigenvalue weighted by molar-refractivity contribution is 6.55. The highest BCUT2D eigenvalue weighted by Gasteiger charge is 2.31. The topological polar surface area (TPSA) is 414 Å². The van der Waals surface area contributed by atoms with Gasteiger partial charge >= 0.3 is 12.1 Å². The lowest BCUT2D eigenvalue weighted by Gasteiger charge is -2.26. The van der Waals surface area contributed by atoms with Crippen molar-refractivity contribution in [1.82, 2.24) is 41.7 Å². The Kier molecular flexibility index (Phi) is 32.4. The number of nitrogens with one attached hydrogen (secondary N) is 8. The van der Waals surface area contributed by atoms with Gasteiger partial charge in [-0.2, -0.15) is 0 Å². The highest BCUT2D eigenvalue weighted by Crippen LogP contribution is 2.16. The van der Waals surface area contributed by atoms with Gasteiger partial charge < -0.3 is 77.8 Å². The Morgan fingerprint density at radius 2 is 0.943 bits per heavy atom. The number of amides is 13. The van der Waals surface area contributed by atoms with E-state index in [0.29, 0.717) is 41.8 Å². The quantitative estimate of drug-likeness (QED) is 0.0224. The monoisotopic (exact) mass is 1220 g/mol. The molecule has 3 rings (SSSR count). The third-order valence-corrected chi connectivity index (χ3v) is 13.1. The normalized spacial score (nSPS) is 13.1. The molecule has 2 aromatic carbocycles. The molecule has 1 heterocycles. The number of benzene rings is 2. The van der Waals surface area contributed by atoms with Crippen LogP contribution in [-0.4, -0.2) is 186 Å². The maximum Gasteiger partial charge on any atom is 0.312 e. The van der Waals surface area contributed by atoms with Crippen molar-refractivity contribution in [1.29, 1.82) is 0 Å². The third-order valence-electron chi connectivity index (χ3n) is 13.1. The molecular weight excluding hydrogens is 1130 g/mol. The van der Waals surface area contributed by atoms with Gasteiger partial charge in [-0.1, -0.05) is 58.4 Å². The van der Waals surface area contributed by atoms with E-state index in [4.69, 9.17) is 30.4 Å². The molecule has 0 spiro atoms. The maximum absolute atomic E-state index is 13.8. The minimum atomic E-state index is -1.14. The molecule has 0 aromatic heterocycles. The van der Waals surface area contributed by atoms with Gasteiger partial charge in [-0.25, -0.2) is 9.59 Å². The van der Waals surface area contributed by atoms with Gasteiger partial charge in [0.05, 0.1) is 13.2 Å². The predicted molar refractivity (Wildman–Crippen MR) is 321 cm³/mol. The smallest absolute Gasteiger partial charge is 0.312 e. The van der Waals surface area contributed by atoms with E-state index in [1.165, 1.54) is 32.7 Å². The lowest BCUT2D eigenvalue weighted by atomic mass is 10.0. The van der Waals surface area contributed by atoms with Gasteiger partial charge in [-0.05, 0) is 85.8 Å². The maximum atomic E-state index is 13.8. The van der Waals surface area contributed by atoms with Gasteiger partial charge in [0.1, 0.15) is 50.6 Å². The summed E-state index contributed by atoms with van der Waals surface area (Å²) in [5.41, 5.74) is 12.5. The van der Waals surface area contributed by atoms with Gasteiger partial charge in [0.15, 0.2) is 0 Å². The summed E-state index contributed by atoms with van der Waals surface area (Å²) in [5.74, 6) is -6.95. The molecule has 474 valence electrons. The first-order valence-electron chi connectivity index (χ1n) is 28.6. The van der Waals surface area contributed by atoms with Crippen LogP contribution >= 0.6 is 0 Å². The molecule has 2 aromatic rings. The third kappa shape index (κ3) is 29.2. The molecule has 13 amide bonds. The van der Waals surface area contributed by atoms with Crippen LogP contribution in [0.2, 0.25) is 0 Å². The summed E-state index contributed by atoms with van der Waals surface area (Å²) in [7, 11) is 2.56. The highest BCUT2D eigenvalue weighted by atomic mass is 16.5. The summed E-state index contributed by atoms with van der Waals surface area (Å²) in [6.07, 6.45) is 4.38. The van der Waals surface area contributed by atoms with Crippen LogP contribution < -0.4 is 54.0 Å². The summed E-state index contributed by atoms with van der Waals surface area (Å²) in [6.45, 7) is 5.71. The van der Waals surface area contributed by atoms with Crippen molar-refractivity contribution in [3.05, 3.63) is 71.8 Å². The minimum absolute atomic E-state index is 0.0306. The molecule has 1 aliphatic heterocycles. The average molecular weight is 1220 g/mol. The van der Waals surface area contributed by atoms with Crippen LogP contribution in [0, 0.1) is 11.8 Å². The Bertz CT molecular complexity index is 2550. The van der Waals surface area contributed by atoms with Crippen molar-refractivity contribution in [2.45, 2.75) is 116 Å². The van der Waals surface area contributed by atoms with Crippen molar-refractivity contribution >= 4 is 104 Å². The lowest BCUT2D eigenvalue weighted by molar-refractivity contribution is -0.138. The van der Waals surface area contributed by atoms with E-state index in [-0.39, 0.29) is 97.2 Å². The summed E-state index contributed by atoms with van der Waals surface area (Å²) in [4.78, 5) is 166. The number of ether oxygens (including phenoxy) is 4. The number of anilines is 2. The fourth-order valence-corrected chi connectivity index (χ4v) is 8.37. The number of nitrogens with two attached hydrogens (primary N) is 2. The van der Waals surface area contributed by atoms with Crippen LogP contribution in [0.1, 0.15) is 90.2 Å². The number of imide groups is 1. The van der Waals surface area contributed by atoms with Crippen molar-refractivity contribution < 1.29 is 81.3 Å². The molecule has 0 radical (unpaired) electrons. The van der Waals surface area contributed by atoms with Crippen LogP contribution in [0.3, 0.4) is 0 Å². The standard InChI is InChI=1S/C56H82B2N12O17/c1-34(2)47(51(78)65-40(10-8-23-61-55(59)82)49(76)63-38-17-13-36(14-18-38)30-86-53(57)80)67-42(71)32-84-28-26-69(44(73)12-6-5-7-25-70-45(74)21-22-46(70)75)27-29-85-33-43(72)68-48(35(3)4)52(79)66-41(11-9-24-62-56(60)83)50(77)64-39-19-15-37(16-20-39)31-87-54(58)81/h13-22,34-35,40-41,47-48H,5-12,23-33,57-58H2,1-4H3,(H,63,76)(H,64,77)(H,65,78)(H,66,79)(H,67,71)(H,68,72)(H3,59,61,82)(H3,60,62,83)/t40-,41-,47?,48?/m0/s1. The van der Waals surface area contributed by atoms with Gasteiger partial charge in [0, 0.05) is 62.7 Å². The number of hydrogen-bond acceptors (Lipinski definition) is 17. The Morgan fingerprint density at radius 1 is 0.540 bits per heavy atom. The van der Waals surface area contributed by atoms with Crippen LogP contribution in [0.4, 0.5) is 30.6 Å². The molecule has 0 saturated heterocycles. The Hall–Kier alpha value is -8.86. The van der Waals surface area contributed by atoms with E-state index in [0.717, 1.165) is 4.90 Å². The van der Waals surface area contributed by atoms with E-state index in [2.05, 4.69) is 42.5 Å². The molecule has 29 nitrogen and oxygen atoms in total. The number of urea groups is 2. The molecule has 87 heavy (non-hydrogen) atoms. The molecule has 2 unspecified atom stereocenters. The van der Waals surface area contributed by atoms with Gasteiger partial charge in [0.25, 0.3) is 11.8 Å². The Morgan fingerprint density at radius 3 is 1.31 bits per heavy atom. The first-order valence-corrected chi connectivity index (χ1v) is 28.6. The molecule has 12 N–H and O–H groups in total. The predicted octanol–water partition coefficient (Wildman–Crippen LogP) is -0.701. The second kappa shape index (κ2) is 39.0. The number of rotatable bonds is 40. The molecule has 0 fully saturated rings. The fraction of sp³-hybridized carbons (Fsp3) is 0.518. The van der Waals surface area contributed by atoms with Crippen molar-refractivity contribution in [3.8, 4) is 0 Å². The molecule has 4 atom stereocenters. The largest absolute Gasteiger partial charge is 0.469 e. The number of carbonyl (C=O) groups is 13. The second-order valence-electron chi connectivity index (χ2n) is 21.0. The van der Waals surface area contributed by atoms with E-state index < -0.39 is 120 Å². The van der Waals surface area contributed by atoms with Gasteiger partial charge in [0.2, 0.25) is 68.8 Å². The number of primary amides is 2. The zero-order valence-electron chi connectivity index (χ0n) is 50.2. The number of hydrogen-bond donors (Lipinski definition) is 10. The number of nitrogens with zero attached hydrogens (tertiary/aromatic N) is 2. The minimum Gasteiger partial charge on any atom is -0.469 e. The Labute approximate surface area is 506 Å². The van der Waals surface area contributed by atoms with E-state index in [9.17, 15) is 62.3 Å². The number of carbonyl (C=O) groups excluding carboxylic acids is 13. The molecule has 0 bridgehead atoms. The molecular formula is C56H82B2N12O17. The van der Waals surface area contributed by atoms with Crippen LogP contribution in [0.5, 0.6) is 0 Å². The van der Waals surface area contributed by atoms with Gasteiger partial charge in [-0.15, -0.1) is 0 Å². The van der Waals surface area contributed by atoms with Gasteiger partial charge in [-0.3, -0.25) is 57.6 Å². The Balaban J connectivity index is 1.63. The van der Waals surface area contributed by atoms with Crippen molar-refractivity contribution in [2.75, 3.05) is 69.8 Å². The lowest BCUT2D eigenvalue weighted by Crippen LogP contribution is -2.55. The molecule has 31 heteroatoms. The van der Waals surface area contributed by atoms with E-state index in [1.807, 2.05) is 0 Å². The molecule has 0 aliphatic carbocycles. The van der Waals surface area contributed by atoms with Crippen molar-refractivity contribution in [2.24, 2.45) is 23.3 Å². The molecule has 1 aliphatic rings. The zero-order valence-corrected chi connectivity index (χ0v) is 50.2. The van der Waals surface area contributed by atoms with Crippen LogP contribution in [0.25, 0.3) is 0 Å². The summed E-state index contributed by atoms with van der Waals surface area (Å²) >= 11 is 0. The number of unbranched alkanes of at least 4 members (excludes halogenated alkanes) is 2. The summed E-state index contributed by atoms with van der Waals surface area (Å²) in [6, 6.07) is 6.90. The van der Waals surface area contributed by atoms with Crippen molar-refractivity contribution in [3.63, 3.8) is 0 Å². The molecule has 0 saturated carbocycles. The first-order chi connectivity index (χ1) is 41.3. The van der Waals surface area contributed by atoms with Crippen LogP contribution in [-0.2, 0) is 75.3 Å².